The third-order valence-electron chi connectivity index (χ3n) is 3.28. The van der Waals surface area contributed by atoms with Crippen LogP contribution in [0.5, 0.6) is 0 Å². The van der Waals surface area contributed by atoms with Crippen LogP contribution in [0.2, 0.25) is 15.1 Å². The minimum atomic E-state index is -0.204. The molecule has 0 fully saturated rings. The van der Waals surface area contributed by atoms with E-state index >= 15 is 0 Å². The third-order valence-corrected chi connectivity index (χ3v) is 3.97. The van der Waals surface area contributed by atoms with Gasteiger partial charge in [0.15, 0.2) is 0 Å². The molecule has 3 rings (SSSR count). The number of hydrogen-bond acceptors (Lipinski definition) is 4. The summed E-state index contributed by atoms with van der Waals surface area (Å²) < 4.78 is 5.17. The van der Waals surface area contributed by atoms with Crippen molar-refractivity contribution in [3.05, 3.63) is 63.4 Å². The quantitative estimate of drug-likeness (QED) is 0.638. The van der Waals surface area contributed by atoms with E-state index < -0.39 is 0 Å². The standard InChI is InChI=1S/C17H12Cl3N3O2/c18-11-3-1-10(2-4-11)17-22-16(25-23-17)6-5-15(24)21-14-8-12(19)7-13(20)9-14/h1-4,7-9H,5-6H2,(H,21,24). The molecule has 0 unspecified atom stereocenters. The molecule has 5 nitrogen and oxygen atoms in total. The molecule has 25 heavy (non-hydrogen) atoms. The van der Waals surface area contributed by atoms with Gasteiger partial charge in [-0.25, -0.2) is 0 Å². The van der Waals surface area contributed by atoms with Gasteiger partial charge in [0.1, 0.15) is 0 Å². The molecular weight excluding hydrogens is 385 g/mol. The lowest BCUT2D eigenvalue weighted by molar-refractivity contribution is -0.116. The average Bonchev–Trinajstić information content (AvgIpc) is 3.01. The van der Waals surface area contributed by atoms with Crippen LogP contribution < -0.4 is 5.32 Å². The summed E-state index contributed by atoms with van der Waals surface area (Å²) in [5.74, 6) is 0.627. The molecule has 1 amide bonds. The first kappa shape index (κ1) is 17.7. The fourth-order valence-electron chi connectivity index (χ4n) is 2.14. The third kappa shape index (κ3) is 4.95. The lowest BCUT2D eigenvalue weighted by atomic mass is 10.2. The van der Waals surface area contributed by atoms with Gasteiger partial charge in [-0.05, 0) is 42.5 Å². The molecule has 1 heterocycles. The van der Waals surface area contributed by atoms with Crippen LogP contribution in [-0.4, -0.2) is 16.0 Å². The zero-order valence-electron chi connectivity index (χ0n) is 12.8. The lowest BCUT2D eigenvalue weighted by Crippen LogP contribution is -2.12. The summed E-state index contributed by atoms with van der Waals surface area (Å²) in [6, 6.07) is 11.9. The molecule has 0 saturated heterocycles. The molecule has 0 bridgehead atoms. The van der Waals surface area contributed by atoms with Crippen molar-refractivity contribution in [3.63, 3.8) is 0 Å². The minimum absolute atomic E-state index is 0.187. The fourth-order valence-corrected chi connectivity index (χ4v) is 2.79. The van der Waals surface area contributed by atoms with Crippen molar-refractivity contribution in [3.8, 4) is 11.4 Å². The molecule has 0 aliphatic heterocycles. The van der Waals surface area contributed by atoms with Crippen LogP contribution >= 0.6 is 34.8 Å². The van der Waals surface area contributed by atoms with E-state index in [4.69, 9.17) is 39.3 Å². The van der Waals surface area contributed by atoms with Gasteiger partial charge in [0, 0.05) is 39.2 Å². The highest BCUT2D eigenvalue weighted by Gasteiger charge is 2.11. The molecule has 0 aliphatic carbocycles. The van der Waals surface area contributed by atoms with Crippen molar-refractivity contribution < 1.29 is 9.32 Å². The molecule has 3 aromatic rings. The Labute approximate surface area is 158 Å². The number of nitrogens with one attached hydrogen (secondary N) is 1. The summed E-state index contributed by atoms with van der Waals surface area (Å²) in [6.07, 6.45) is 0.507. The van der Waals surface area contributed by atoms with E-state index in [1.807, 2.05) is 0 Å². The van der Waals surface area contributed by atoms with E-state index in [9.17, 15) is 4.79 Å². The molecule has 2 aromatic carbocycles. The second-order valence-electron chi connectivity index (χ2n) is 5.22. The average molecular weight is 397 g/mol. The maximum atomic E-state index is 12.0. The highest BCUT2D eigenvalue weighted by Crippen LogP contribution is 2.23. The van der Waals surface area contributed by atoms with E-state index in [1.165, 1.54) is 0 Å². The van der Waals surface area contributed by atoms with E-state index in [0.29, 0.717) is 38.9 Å². The Morgan fingerprint density at radius 2 is 1.68 bits per heavy atom. The summed E-state index contributed by atoms with van der Waals surface area (Å²) >= 11 is 17.6. The topological polar surface area (TPSA) is 68.0 Å². The Hall–Kier alpha value is -2.08. The van der Waals surface area contributed by atoms with Crippen molar-refractivity contribution in [1.29, 1.82) is 0 Å². The maximum absolute atomic E-state index is 12.0. The number of amides is 1. The molecule has 0 atom stereocenters. The van der Waals surface area contributed by atoms with Crippen LogP contribution in [0, 0.1) is 0 Å². The van der Waals surface area contributed by atoms with Crippen LogP contribution in [0.4, 0.5) is 5.69 Å². The number of benzene rings is 2. The van der Waals surface area contributed by atoms with Crippen LogP contribution in [0.1, 0.15) is 12.3 Å². The van der Waals surface area contributed by atoms with Crippen LogP contribution in [-0.2, 0) is 11.2 Å². The number of hydrogen-bond donors (Lipinski definition) is 1. The van der Waals surface area contributed by atoms with Gasteiger partial charge in [-0.1, -0.05) is 40.0 Å². The molecule has 1 N–H and O–H groups in total. The SMILES string of the molecule is O=C(CCc1nc(-c2ccc(Cl)cc2)no1)Nc1cc(Cl)cc(Cl)c1. The Morgan fingerprint density at radius 3 is 2.36 bits per heavy atom. The number of nitrogens with zero attached hydrogens (tertiary/aromatic N) is 2. The fraction of sp³-hybridized carbons (Fsp3) is 0.118. The summed E-state index contributed by atoms with van der Waals surface area (Å²) in [5, 5.41) is 8.16. The van der Waals surface area contributed by atoms with Crippen molar-refractivity contribution in [2.75, 3.05) is 5.32 Å². The maximum Gasteiger partial charge on any atom is 0.227 e. The number of aromatic nitrogens is 2. The highest BCUT2D eigenvalue weighted by atomic mass is 35.5. The van der Waals surface area contributed by atoms with Crippen LogP contribution in [0.15, 0.2) is 47.0 Å². The molecule has 0 aliphatic rings. The molecule has 1 aromatic heterocycles. The normalized spacial score (nSPS) is 10.7. The van der Waals surface area contributed by atoms with Crippen molar-refractivity contribution in [1.82, 2.24) is 10.1 Å². The molecule has 0 saturated carbocycles. The zero-order chi connectivity index (χ0) is 17.8. The van der Waals surface area contributed by atoms with Crippen molar-refractivity contribution in [2.24, 2.45) is 0 Å². The van der Waals surface area contributed by atoms with Crippen LogP contribution in [0.25, 0.3) is 11.4 Å². The van der Waals surface area contributed by atoms with Gasteiger partial charge in [0.2, 0.25) is 17.6 Å². The number of halogens is 3. The first-order valence-corrected chi connectivity index (χ1v) is 8.47. The van der Waals surface area contributed by atoms with Gasteiger partial charge >= 0.3 is 0 Å². The Bertz CT molecular complexity index is 874. The second kappa shape index (κ2) is 7.87. The van der Waals surface area contributed by atoms with Gasteiger partial charge in [0.05, 0.1) is 0 Å². The van der Waals surface area contributed by atoms with Gasteiger partial charge in [0.25, 0.3) is 0 Å². The van der Waals surface area contributed by atoms with Gasteiger partial charge in [-0.2, -0.15) is 4.98 Å². The van der Waals surface area contributed by atoms with Crippen molar-refractivity contribution >= 4 is 46.4 Å². The van der Waals surface area contributed by atoms with E-state index in [2.05, 4.69) is 15.5 Å². The largest absolute Gasteiger partial charge is 0.339 e. The number of rotatable bonds is 5. The Balaban J connectivity index is 1.58. The van der Waals surface area contributed by atoms with Gasteiger partial charge in [-0.15, -0.1) is 0 Å². The smallest absolute Gasteiger partial charge is 0.227 e. The summed E-state index contributed by atoms with van der Waals surface area (Å²) in [4.78, 5) is 16.3. The molecular formula is C17H12Cl3N3O2. The number of carbonyl (C=O) groups excluding carboxylic acids is 1. The van der Waals surface area contributed by atoms with Gasteiger partial charge < -0.3 is 9.84 Å². The molecule has 0 spiro atoms. The summed E-state index contributed by atoms with van der Waals surface area (Å²) in [7, 11) is 0. The molecule has 128 valence electrons. The molecule has 0 radical (unpaired) electrons. The Kier molecular flexibility index (Phi) is 5.58. The highest BCUT2D eigenvalue weighted by molar-refractivity contribution is 6.35. The van der Waals surface area contributed by atoms with Crippen LogP contribution in [0.3, 0.4) is 0 Å². The van der Waals surface area contributed by atoms with Crippen molar-refractivity contribution in [2.45, 2.75) is 12.8 Å². The van der Waals surface area contributed by atoms with E-state index in [-0.39, 0.29) is 12.3 Å². The number of carbonyl (C=O) groups is 1. The Morgan fingerprint density at radius 1 is 1.00 bits per heavy atom. The summed E-state index contributed by atoms with van der Waals surface area (Å²) in [6.45, 7) is 0. The second-order valence-corrected chi connectivity index (χ2v) is 6.53. The summed E-state index contributed by atoms with van der Waals surface area (Å²) in [5.41, 5.74) is 1.33. The van der Waals surface area contributed by atoms with E-state index in [0.717, 1.165) is 5.56 Å². The zero-order valence-corrected chi connectivity index (χ0v) is 15.1. The molecule has 8 heteroatoms. The monoisotopic (exact) mass is 395 g/mol. The first-order chi connectivity index (χ1) is 12.0. The number of anilines is 1. The van der Waals surface area contributed by atoms with Gasteiger partial charge in [-0.3, -0.25) is 4.79 Å². The predicted octanol–water partition coefficient (Wildman–Crippen LogP) is 5.27. The van der Waals surface area contributed by atoms with E-state index in [1.54, 1.807) is 42.5 Å². The minimum Gasteiger partial charge on any atom is -0.339 e. The lowest BCUT2D eigenvalue weighted by Gasteiger charge is -2.05. The number of aryl methyl sites for hydroxylation is 1. The predicted molar refractivity (Wildman–Crippen MR) is 98.2 cm³/mol. The first-order valence-electron chi connectivity index (χ1n) is 7.34.